The first-order valence-electron chi connectivity index (χ1n) is 12.2. The predicted octanol–water partition coefficient (Wildman–Crippen LogP) is 10.2. The zero-order valence-corrected chi connectivity index (χ0v) is 20.9. The molecule has 0 aliphatic rings. The lowest BCUT2D eigenvalue weighted by Gasteiger charge is -2.11. The molecule has 0 N–H and O–H groups in total. The number of thiophene rings is 2. The van der Waals surface area contributed by atoms with Crippen molar-refractivity contribution in [2.45, 2.75) is 0 Å². The Morgan fingerprint density at radius 1 is 0.500 bits per heavy atom. The van der Waals surface area contributed by atoms with Gasteiger partial charge >= 0.3 is 0 Å². The van der Waals surface area contributed by atoms with Crippen LogP contribution < -0.4 is 5.22 Å². The maximum Gasteiger partial charge on any atom is 0.0542 e. The van der Waals surface area contributed by atoms with E-state index in [9.17, 15) is 0 Å². The largest absolute Gasteiger partial charge is 0.133 e. The van der Waals surface area contributed by atoms with Gasteiger partial charge in [0.2, 0.25) is 0 Å². The third-order valence-corrected chi connectivity index (χ3v) is 10.7. The Morgan fingerprint density at radius 2 is 1.06 bits per heavy atom. The highest BCUT2D eigenvalue weighted by Gasteiger charge is 2.20. The van der Waals surface area contributed by atoms with Crippen LogP contribution in [0.25, 0.3) is 96.1 Å². The standard InChI is InChI=1S/C34H18S2/c1-3-18-11-13-23-29-21(8-7-17(2)27(18)29)15-25-31(23)35-34-26-16-22-10-9-19-5-4-6-20-12-14-24(30(22)28(19)20)32(26)36-33(25)34/h3-16H,1-2H2. The number of fused-ring (bicyclic) bond motifs is 7. The Labute approximate surface area is 214 Å². The molecule has 0 radical (unpaired) electrons. The number of benzene rings is 7. The van der Waals surface area contributed by atoms with E-state index in [1.165, 1.54) is 83.4 Å². The van der Waals surface area contributed by atoms with Crippen molar-refractivity contribution in [1.29, 1.82) is 0 Å². The second-order valence-electron chi connectivity index (χ2n) is 9.83. The van der Waals surface area contributed by atoms with E-state index in [1.54, 1.807) is 0 Å². The molecule has 0 aliphatic heterocycles. The molecule has 0 nitrogen and oxygen atoms in total. The third-order valence-electron chi connectivity index (χ3n) is 8.02. The lowest BCUT2D eigenvalue weighted by molar-refractivity contribution is 1.71. The normalized spacial score (nSPS) is 12.7. The highest BCUT2D eigenvalue weighted by Crippen LogP contribution is 2.51. The summed E-state index contributed by atoms with van der Waals surface area (Å²) in [6.45, 7) is 8.39. The Kier molecular flexibility index (Phi) is 3.43. The first kappa shape index (κ1) is 19.2. The fraction of sp³-hybridized carbons (Fsp3) is 0. The maximum absolute atomic E-state index is 4.34. The van der Waals surface area contributed by atoms with Crippen LogP contribution in [0, 0.1) is 0 Å². The summed E-state index contributed by atoms with van der Waals surface area (Å²) in [7, 11) is 0. The molecule has 9 rings (SSSR count). The van der Waals surface area contributed by atoms with Crippen LogP contribution in [0.1, 0.15) is 5.56 Å². The summed E-state index contributed by atoms with van der Waals surface area (Å²) >= 11 is 3.91. The molecule has 0 aliphatic carbocycles. The third kappa shape index (κ3) is 2.17. The zero-order chi connectivity index (χ0) is 23.7. The molecule has 0 unspecified atom stereocenters. The molecular weight excluding hydrogens is 473 g/mol. The second-order valence-corrected chi connectivity index (χ2v) is 11.9. The van der Waals surface area contributed by atoms with Gasteiger partial charge in [-0.3, -0.25) is 0 Å². The smallest absolute Gasteiger partial charge is 0.0542 e. The van der Waals surface area contributed by atoms with Crippen LogP contribution >= 0.6 is 22.7 Å². The second kappa shape index (κ2) is 6.41. The summed E-state index contributed by atoms with van der Waals surface area (Å²) in [6, 6.07) is 29.5. The van der Waals surface area contributed by atoms with Crippen LogP contribution in [0.4, 0.5) is 0 Å². The summed E-state index contributed by atoms with van der Waals surface area (Å²) in [6.07, 6.45) is 1.95. The molecule has 0 amide bonds. The van der Waals surface area contributed by atoms with Gasteiger partial charge in [0.25, 0.3) is 0 Å². The van der Waals surface area contributed by atoms with E-state index < -0.39 is 0 Å². The van der Waals surface area contributed by atoms with E-state index in [2.05, 4.69) is 92.0 Å². The summed E-state index contributed by atoms with van der Waals surface area (Å²) in [5, 5.41) is 17.1. The molecule has 0 fully saturated rings. The molecule has 9 aromatic rings. The minimum atomic E-state index is 1.06. The average Bonchev–Trinajstić information content (AvgIpc) is 3.45. The number of rotatable bonds is 1. The van der Waals surface area contributed by atoms with Crippen molar-refractivity contribution in [2.75, 3.05) is 0 Å². The fourth-order valence-electron chi connectivity index (χ4n) is 6.46. The topological polar surface area (TPSA) is 0 Å². The van der Waals surface area contributed by atoms with Gasteiger partial charge in [-0.15, -0.1) is 22.7 Å². The highest BCUT2D eigenvalue weighted by atomic mass is 32.1. The Hall–Kier alpha value is -3.98. The van der Waals surface area contributed by atoms with E-state index in [0.717, 1.165) is 10.8 Å². The summed E-state index contributed by atoms with van der Waals surface area (Å²) in [4.78, 5) is 0. The van der Waals surface area contributed by atoms with Gasteiger partial charge in [-0.05, 0) is 66.0 Å². The molecular formula is C34H18S2. The van der Waals surface area contributed by atoms with Gasteiger partial charge < -0.3 is 0 Å². The molecule has 0 atom stereocenters. The average molecular weight is 491 g/mol. The van der Waals surface area contributed by atoms with Gasteiger partial charge in [-0.25, -0.2) is 0 Å². The lowest BCUT2D eigenvalue weighted by Crippen LogP contribution is -2.01. The Balaban J connectivity index is 1.50. The molecule has 2 aromatic heterocycles. The minimum absolute atomic E-state index is 1.06. The van der Waals surface area contributed by atoms with Gasteiger partial charge in [0, 0.05) is 30.9 Å². The summed E-state index contributed by atoms with van der Waals surface area (Å²) in [5.74, 6) is 0. The molecule has 0 saturated carbocycles. The van der Waals surface area contributed by atoms with Crippen LogP contribution in [0.5, 0.6) is 0 Å². The number of hydrogen-bond donors (Lipinski definition) is 0. The molecule has 36 heavy (non-hydrogen) atoms. The predicted molar refractivity (Wildman–Crippen MR) is 164 cm³/mol. The van der Waals surface area contributed by atoms with Gasteiger partial charge in [-0.1, -0.05) is 86.0 Å². The maximum atomic E-state index is 4.34. The van der Waals surface area contributed by atoms with Crippen molar-refractivity contribution in [1.82, 2.24) is 0 Å². The van der Waals surface area contributed by atoms with Gasteiger partial charge in [0.05, 0.1) is 9.40 Å². The van der Waals surface area contributed by atoms with Gasteiger partial charge in [-0.2, -0.15) is 0 Å². The minimum Gasteiger partial charge on any atom is -0.133 e. The molecule has 2 heteroatoms. The highest BCUT2D eigenvalue weighted by molar-refractivity contribution is 7.37. The van der Waals surface area contributed by atoms with Crippen LogP contribution in [0.3, 0.4) is 0 Å². The van der Waals surface area contributed by atoms with Crippen LogP contribution in [-0.2, 0) is 0 Å². The van der Waals surface area contributed by atoms with Crippen molar-refractivity contribution in [3.8, 4) is 0 Å². The van der Waals surface area contributed by atoms with Gasteiger partial charge in [0.1, 0.15) is 0 Å². The van der Waals surface area contributed by atoms with E-state index >= 15 is 0 Å². The van der Waals surface area contributed by atoms with E-state index in [-0.39, 0.29) is 0 Å². The summed E-state index contributed by atoms with van der Waals surface area (Å²) < 4.78 is 5.60. The zero-order valence-electron chi connectivity index (χ0n) is 19.3. The number of hydrogen-bond acceptors (Lipinski definition) is 2. The Bertz CT molecular complexity index is 2430. The van der Waals surface area contributed by atoms with Crippen molar-refractivity contribution < 1.29 is 0 Å². The molecule has 7 aromatic carbocycles. The van der Waals surface area contributed by atoms with Crippen LogP contribution in [-0.4, -0.2) is 0 Å². The first-order valence-corrected chi connectivity index (χ1v) is 13.8. The quantitative estimate of drug-likeness (QED) is 0.201. The summed E-state index contributed by atoms with van der Waals surface area (Å²) in [5.41, 5.74) is 1.16. The molecule has 0 bridgehead atoms. The van der Waals surface area contributed by atoms with E-state index in [4.69, 9.17) is 0 Å². The molecule has 0 saturated heterocycles. The molecule has 166 valence electrons. The molecule has 2 heterocycles. The van der Waals surface area contributed by atoms with Crippen LogP contribution in [0.2, 0.25) is 0 Å². The van der Waals surface area contributed by atoms with E-state index in [1.807, 2.05) is 28.7 Å². The first-order chi connectivity index (χ1) is 17.7. The van der Waals surface area contributed by atoms with Crippen molar-refractivity contribution in [3.05, 3.63) is 96.2 Å². The molecule has 0 spiro atoms. The van der Waals surface area contributed by atoms with Crippen molar-refractivity contribution >= 4 is 119 Å². The lowest BCUT2D eigenvalue weighted by atomic mass is 9.93. The fourth-order valence-corrected chi connectivity index (χ4v) is 9.30. The van der Waals surface area contributed by atoms with Crippen molar-refractivity contribution in [3.63, 3.8) is 0 Å². The van der Waals surface area contributed by atoms with Crippen LogP contribution in [0.15, 0.2) is 85.4 Å². The van der Waals surface area contributed by atoms with E-state index in [0.29, 0.717) is 0 Å². The SMILES string of the molecule is C=Cc1ccc2c3sc4c5cc6ccc7cccc8ccc(c5sc4c3cc3ccc(=C)c1c32)c6c78. The van der Waals surface area contributed by atoms with Crippen molar-refractivity contribution in [2.24, 2.45) is 0 Å². The Morgan fingerprint density at radius 3 is 1.72 bits per heavy atom. The van der Waals surface area contributed by atoms with Gasteiger partial charge in [0.15, 0.2) is 0 Å². The monoisotopic (exact) mass is 490 g/mol.